The molecule has 6 heteroatoms. The Hall–Kier alpha value is -3.54. The topological polar surface area (TPSA) is 63.0 Å². The molecule has 5 rings (SSSR count). The Bertz CT molecular complexity index is 1240. The van der Waals surface area contributed by atoms with Gasteiger partial charge in [0.25, 0.3) is 11.8 Å². The predicted molar refractivity (Wildman–Crippen MR) is 130 cm³/mol. The fourth-order valence-corrected chi connectivity index (χ4v) is 4.56. The fourth-order valence-electron chi connectivity index (χ4n) is 4.56. The molecule has 34 heavy (non-hydrogen) atoms. The lowest BCUT2D eigenvalue weighted by Crippen LogP contribution is -2.38. The summed E-state index contributed by atoms with van der Waals surface area (Å²) in [6.07, 6.45) is 1.82. The van der Waals surface area contributed by atoms with E-state index in [0.717, 1.165) is 24.1 Å². The van der Waals surface area contributed by atoms with Gasteiger partial charge in [-0.25, -0.2) is 0 Å². The van der Waals surface area contributed by atoms with Crippen LogP contribution >= 0.6 is 0 Å². The molecule has 2 amide bonds. The second-order valence-corrected chi connectivity index (χ2v) is 9.70. The molecule has 0 radical (unpaired) electrons. The highest BCUT2D eigenvalue weighted by atomic mass is 16.5. The van der Waals surface area contributed by atoms with E-state index in [1.54, 1.807) is 17.0 Å². The zero-order chi connectivity index (χ0) is 23.9. The van der Waals surface area contributed by atoms with Crippen molar-refractivity contribution in [3.05, 3.63) is 82.8 Å². The maximum Gasteiger partial charge on any atom is 0.289 e. The molecule has 1 aromatic heterocycles. The molecule has 2 aliphatic rings. The number of hydrogen-bond donors (Lipinski definition) is 0. The Morgan fingerprint density at radius 1 is 1.06 bits per heavy atom. The molecule has 0 unspecified atom stereocenters. The van der Waals surface area contributed by atoms with E-state index in [-0.39, 0.29) is 30.4 Å². The first-order valence-electron chi connectivity index (χ1n) is 11.9. The molecule has 176 valence electrons. The van der Waals surface area contributed by atoms with E-state index >= 15 is 0 Å². The Labute approximate surface area is 200 Å². The van der Waals surface area contributed by atoms with Gasteiger partial charge in [-0.1, -0.05) is 51.1 Å². The predicted octanol–water partition coefficient (Wildman–Crippen LogP) is 5.09. The summed E-state index contributed by atoms with van der Waals surface area (Å²) in [5, 5.41) is 0. The number of fused-ring (bicyclic) bond motifs is 2. The number of carbonyl (C=O) groups excluding carboxylic acids is 2. The minimum atomic E-state index is -0.129. The number of anilines is 1. The highest BCUT2D eigenvalue weighted by Gasteiger charge is 2.30. The summed E-state index contributed by atoms with van der Waals surface area (Å²) in [6, 6.07) is 17.8. The van der Waals surface area contributed by atoms with Gasteiger partial charge in [-0.15, -0.1) is 0 Å². The van der Waals surface area contributed by atoms with Crippen LogP contribution in [0.4, 0.5) is 5.69 Å². The highest BCUT2D eigenvalue weighted by Crippen LogP contribution is 2.38. The van der Waals surface area contributed by atoms with Gasteiger partial charge in [0.2, 0.25) is 0 Å². The van der Waals surface area contributed by atoms with E-state index in [1.807, 2.05) is 29.2 Å². The zero-order valence-electron chi connectivity index (χ0n) is 20.0. The van der Waals surface area contributed by atoms with Crippen molar-refractivity contribution in [3.63, 3.8) is 0 Å². The number of rotatable bonds is 5. The van der Waals surface area contributed by atoms with E-state index in [1.165, 1.54) is 11.1 Å². The summed E-state index contributed by atoms with van der Waals surface area (Å²) in [6.45, 7) is 8.02. The van der Waals surface area contributed by atoms with Gasteiger partial charge < -0.3 is 14.1 Å². The monoisotopic (exact) mass is 458 g/mol. The van der Waals surface area contributed by atoms with Crippen molar-refractivity contribution in [1.29, 1.82) is 0 Å². The molecule has 3 heterocycles. The van der Waals surface area contributed by atoms with Gasteiger partial charge in [0.05, 0.1) is 12.2 Å². The lowest BCUT2D eigenvalue weighted by Gasteiger charge is -2.31. The molecule has 2 aromatic carbocycles. The van der Waals surface area contributed by atoms with Crippen LogP contribution in [0, 0.1) is 0 Å². The van der Waals surface area contributed by atoms with Crippen molar-refractivity contribution < 1.29 is 18.7 Å². The van der Waals surface area contributed by atoms with E-state index in [0.29, 0.717) is 30.4 Å². The molecule has 0 saturated heterocycles. The largest absolute Gasteiger partial charge is 0.482 e. The second-order valence-electron chi connectivity index (χ2n) is 9.70. The molecule has 0 fully saturated rings. The van der Waals surface area contributed by atoms with Gasteiger partial charge in [0.1, 0.15) is 11.5 Å². The van der Waals surface area contributed by atoms with Crippen LogP contribution < -0.4 is 9.64 Å². The summed E-state index contributed by atoms with van der Waals surface area (Å²) < 4.78 is 11.6. The van der Waals surface area contributed by atoms with Crippen LogP contribution in [0.1, 0.15) is 60.2 Å². The van der Waals surface area contributed by atoms with Crippen molar-refractivity contribution in [2.24, 2.45) is 0 Å². The summed E-state index contributed by atoms with van der Waals surface area (Å²) in [7, 11) is 0. The van der Waals surface area contributed by atoms with Gasteiger partial charge >= 0.3 is 0 Å². The van der Waals surface area contributed by atoms with Crippen molar-refractivity contribution in [2.45, 2.75) is 52.1 Å². The van der Waals surface area contributed by atoms with Crippen molar-refractivity contribution >= 4 is 17.5 Å². The minimum absolute atomic E-state index is 0.0107. The molecule has 0 bridgehead atoms. The van der Waals surface area contributed by atoms with E-state index in [4.69, 9.17) is 9.15 Å². The molecular weight excluding hydrogens is 428 g/mol. The van der Waals surface area contributed by atoms with Gasteiger partial charge in [0, 0.05) is 13.1 Å². The van der Waals surface area contributed by atoms with Gasteiger partial charge in [-0.3, -0.25) is 14.5 Å². The van der Waals surface area contributed by atoms with Crippen LogP contribution in [-0.4, -0.2) is 29.9 Å². The quantitative estimate of drug-likeness (QED) is 0.534. The average molecular weight is 459 g/mol. The van der Waals surface area contributed by atoms with E-state index in [2.05, 4.69) is 39.0 Å². The molecule has 2 aliphatic heterocycles. The smallest absolute Gasteiger partial charge is 0.289 e. The number of amides is 2. The number of benzene rings is 2. The third kappa shape index (κ3) is 4.09. The minimum Gasteiger partial charge on any atom is -0.482 e. The lowest BCUT2D eigenvalue weighted by molar-refractivity contribution is -0.121. The van der Waals surface area contributed by atoms with Crippen molar-refractivity contribution in [1.82, 2.24) is 4.90 Å². The number of carbonyl (C=O) groups is 2. The van der Waals surface area contributed by atoms with Gasteiger partial charge in [-0.2, -0.15) is 0 Å². The molecule has 3 aromatic rings. The molecule has 0 saturated carbocycles. The first-order chi connectivity index (χ1) is 16.4. The van der Waals surface area contributed by atoms with Crippen LogP contribution in [0.25, 0.3) is 0 Å². The standard InChI is InChI=1S/C28H30N2O4/c1-4-28(2,3)21-9-11-24-23(15-21)30(26(31)18-33-24)17-22-10-12-25(34-22)27(32)29-14-13-19-7-5-6-8-20(19)16-29/h5-12,15H,4,13-14,16-18H2,1-3H3. The first kappa shape index (κ1) is 22.3. The maximum absolute atomic E-state index is 13.1. The van der Waals surface area contributed by atoms with E-state index < -0.39 is 0 Å². The summed E-state index contributed by atoms with van der Waals surface area (Å²) in [5.41, 5.74) is 4.35. The third-order valence-corrected chi connectivity index (χ3v) is 7.17. The summed E-state index contributed by atoms with van der Waals surface area (Å²) >= 11 is 0. The first-order valence-corrected chi connectivity index (χ1v) is 11.9. The van der Waals surface area contributed by atoms with E-state index in [9.17, 15) is 9.59 Å². The summed E-state index contributed by atoms with van der Waals surface area (Å²) in [4.78, 5) is 29.4. The van der Waals surface area contributed by atoms with Gasteiger partial charge in [0.15, 0.2) is 12.4 Å². The molecule has 0 N–H and O–H groups in total. The van der Waals surface area contributed by atoms with Crippen molar-refractivity contribution in [2.75, 3.05) is 18.1 Å². The number of nitrogens with zero attached hydrogens (tertiary/aromatic N) is 2. The van der Waals surface area contributed by atoms with Crippen LogP contribution in [-0.2, 0) is 29.7 Å². The number of hydrogen-bond acceptors (Lipinski definition) is 4. The SMILES string of the molecule is CCC(C)(C)c1ccc2c(c1)N(Cc1ccc(C(=O)N3CCc4ccccc4C3)o1)C(=O)CO2. The zero-order valence-corrected chi connectivity index (χ0v) is 20.0. The van der Waals surface area contributed by atoms with Crippen molar-refractivity contribution in [3.8, 4) is 5.75 Å². The average Bonchev–Trinajstić information content (AvgIpc) is 3.33. The highest BCUT2D eigenvalue weighted by molar-refractivity contribution is 5.98. The molecule has 0 spiro atoms. The second kappa shape index (κ2) is 8.67. The lowest BCUT2D eigenvalue weighted by atomic mass is 9.82. The maximum atomic E-state index is 13.1. The molecule has 6 nitrogen and oxygen atoms in total. The molecular formula is C28H30N2O4. The fraction of sp³-hybridized carbons (Fsp3) is 0.357. The number of furan rings is 1. The molecule has 0 atom stereocenters. The van der Waals surface area contributed by atoms with Crippen LogP contribution in [0.15, 0.2) is 59.0 Å². The normalized spacial score (nSPS) is 15.6. The van der Waals surface area contributed by atoms with Gasteiger partial charge in [-0.05, 0) is 59.2 Å². The van der Waals surface area contributed by atoms with Crippen LogP contribution in [0.5, 0.6) is 5.75 Å². The summed E-state index contributed by atoms with van der Waals surface area (Å²) in [5.74, 6) is 1.31. The Morgan fingerprint density at radius 3 is 2.65 bits per heavy atom. The van der Waals surface area contributed by atoms with Crippen LogP contribution in [0.2, 0.25) is 0 Å². The third-order valence-electron chi connectivity index (χ3n) is 7.17. The Morgan fingerprint density at radius 2 is 1.85 bits per heavy atom. The van der Waals surface area contributed by atoms with Crippen LogP contribution in [0.3, 0.4) is 0 Å². The Kier molecular flexibility index (Phi) is 5.68. The Balaban J connectivity index is 1.35. The molecule has 0 aliphatic carbocycles. The number of ether oxygens (including phenoxy) is 1.